The van der Waals surface area contributed by atoms with Crippen molar-refractivity contribution in [1.82, 2.24) is 5.32 Å². The zero-order valence-corrected chi connectivity index (χ0v) is 17.6. The molecule has 144 valence electrons. The molecule has 0 aliphatic rings. The third-order valence-electron chi connectivity index (χ3n) is 3.85. The molecule has 0 atom stereocenters. The number of rotatable bonds is 6. The van der Waals surface area contributed by atoms with Crippen LogP contribution in [0.5, 0.6) is 0 Å². The average molecular weight is 481 g/mol. The molecule has 0 fully saturated rings. The molecule has 2 amide bonds. The summed E-state index contributed by atoms with van der Waals surface area (Å²) in [4.78, 5) is 26.8. The number of amides is 2. The number of carbonyl (C=O) groups is 2. The predicted octanol–water partition coefficient (Wildman–Crippen LogP) is 2.06. The second-order valence-corrected chi connectivity index (χ2v) is 5.97. The van der Waals surface area contributed by atoms with Crippen molar-refractivity contribution in [2.45, 2.75) is 20.4 Å². The van der Waals surface area contributed by atoms with E-state index >= 15 is 0 Å². The summed E-state index contributed by atoms with van der Waals surface area (Å²) in [7, 11) is 0. The Hall–Kier alpha value is -2.62. The van der Waals surface area contributed by atoms with Crippen molar-refractivity contribution in [2.75, 3.05) is 11.9 Å². The minimum Gasteiger partial charge on any atom is -0.370 e. The summed E-state index contributed by atoms with van der Waals surface area (Å²) < 4.78 is 0. The highest BCUT2D eigenvalue weighted by molar-refractivity contribution is 14.0. The summed E-state index contributed by atoms with van der Waals surface area (Å²) >= 11 is 0. The molecule has 0 radical (unpaired) electrons. The Bertz CT molecular complexity index is 834. The Morgan fingerprint density at radius 3 is 2.26 bits per heavy atom. The fraction of sp³-hybridized carbons (Fsp3) is 0.211. The fourth-order valence-corrected chi connectivity index (χ4v) is 2.21. The Balaban J connectivity index is 0.00000364. The smallest absolute Gasteiger partial charge is 0.251 e. The lowest BCUT2D eigenvalue weighted by atomic mass is 10.1. The van der Waals surface area contributed by atoms with Crippen LogP contribution in [0, 0.1) is 13.8 Å². The zero-order valence-electron chi connectivity index (χ0n) is 15.3. The van der Waals surface area contributed by atoms with Gasteiger partial charge in [-0.2, -0.15) is 0 Å². The molecule has 27 heavy (non-hydrogen) atoms. The van der Waals surface area contributed by atoms with Crippen molar-refractivity contribution >= 4 is 47.4 Å². The number of primary amides is 1. The maximum atomic E-state index is 11.8. The van der Waals surface area contributed by atoms with Gasteiger partial charge in [0.25, 0.3) is 5.91 Å². The van der Waals surface area contributed by atoms with Gasteiger partial charge >= 0.3 is 0 Å². The molecule has 0 aliphatic heterocycles. The lowest BCUT2D eigenvalue weighted by Crippen LogP contribution is -2.33. The summed E-state index contributed by atoms with van der Waals surface area (Å²) in [6.45, 7) is 4.28. The molecular formula is C19H24IN5O2. The largest absolute Gasteiger partial charge is 0.370 e. The second-order valence-electron chi connectivity index (χ2n) is 5.97. The molecule has 8 heteroatoms. The maximum Gasteiger partial charge on any atom is 0.251 e. The predicted molar refractivity (Wildman–Crippen MR) is 118 cm³/mol. The van der Waals surface area contributed by atoms with E-state index in [0.29, 0.717) is 18.1 Å². The average Bonchev–Trinajstić information content (AvgIpc) is 2.61. The van der Waals surface area contributed by atoms with Crippen LogP contribution in [0.1, 0.15) is 27.0 Å². The van der Waals surface area contributed by atoms with Gasteiger partial charge in [-0.3, -0.25) is 9.59 Å². The molecule has 2 rings (SSSR count). The number of guanidine groups is 1. The van der Waals surface area contributed by atoms with Crippen LogP contribution in [0.3, 0.4) is 0 Å². The van der Waals surface area contributed by atoms with Gasteiger partial charge in [0.1, 0.15) is 0 Å². The number of aliphatic imine (C=N–C) groups is 1. The standard InChI is InChI=1S/C19H23N5O2.HI/c1-12-3-8-16(9-13(12)2)24-19(21)23-10-14-4-6-15(7-5-14)18(26)22-11-17(20)25;/h3-9H,10-11H2,1-2H3,(H2,20,25)(H,22,26)(H3,21,23,24);1H. The van der Waals surface area contributed by atoms with Gasteiger partial charge in [0.05, 0.1) is 13.1 Å². The zero-order chi connectivity index (χ0) is 19.1. The Kier molecular flexibility index (Phi) is 8.73. The van der Waals surface area contributed by atoms with Crippen molar-refractivity contribution in [3.63, 3.8) is 0 Å². The lowest BCUT2D eigenvalue weighted by molar-refractivity contribution is -0.117. The first-order chi connectivity index (χ1) is 12.3. The van der Waals surface area contributed by atoms with Crippen molar-refractivity contribution in [2.24, 2.45) is 16.5 Å². The number of benzene rings is 2. The molecular weight excluding hydrogens is 457 g/mol. The van der Waals surface area contributed by atoms with Gasteiger partial charge in [0.2, 0.25) is 5.91 Å². The molecule has 2 aromatic carbocycles. The lowest BCUT2D eigenvalue weighted by Gasteiger charge is -2.08. The number of halogens is 1. The van der Waals surface area contributed by atoms with Crippen LogP contribution in [0.4, 0.5) is 5.69 Å². The Labute approximate surface area is 175 Å². The first kappa shape index (κ1) is 22.4. The van der Waals surface area contributed by atoms with Crippen LogP contribution >= 0.6 is 24.0 Å². The minimum atomic E-state index is -0.587. The van der Waals surface area contributed by atoms with Crippen molar-refractivity contribution in [3.05, 3.63) is 64.7 Å². The topological polar surface area (TPSA) is 123 Å². The molecule has 0 unspecified atom stereocenters. The van der Waals surface area contributed by atoms with Gasteiger partial charge < -0.3 is 22.1 Å². The van der Waals surface area contributed by atoms with Gasteiger partial charge in [0, 0.05) is 11.3 Å². The molecule has 2 aromatic rings. The van der Waals surface area contributed by atoms with Crippen LogP contribution in [-0.4, -0.2) is 24.3 Å². The number of nitrogens with two attached hydrogens (primary N) is 2. The number of nitrogens with zero attached hydrogens (tertiary/aromatic N) is 1. The summed E-state index contributed by atoms with van der Waals surface area (Å²) in [6, 6.07) is 12.9. The summed E-state index contributed by atoms with van der Waals surface area (Å²) in [5.74, 6) is -0.623. The molecule has 7 nitrogen and oxygen atoms in total. The molecule has 0 heterocycles. The summed E-state index contributed by atoms with van der Waals surface area (Å²) in [5, 5.41) is 5.49. The van der Waals surface area contributed by atoms with Crippen LogP contribution in [-0.2, 0) is 11.3 Å². The van der Waals surface area contributed by atoms with E-state index in [1.165, 1.54) is 11.1 Å². The third-order valence-corrected chi connectivity index (χ3v) is 3.85. The number of hydrogen-bond acceptors (Lipinski definition) is 3. The van der Waals surface area contributed by atoms with E-state index < -0.39 is 5.91 Å². The van der Waals surface area contributed by atoms with Crippen molar-refractivity contribution in [3.8, 4) is 0 Å². The number of anilines is 1. The monoisotopic (exact) mass is 481 g/mol. The maximum absolute atomic E-state index is 11.8. The first-order valence-electron chi connectivity index (χ1n) is 8.15. The van der Waals surface area contributed by atoms with Gasteiger partial charge in [-0.1, -0.05) is 18.2 Å². The van der Waals surface area contributed by atoms with E-state index in [1.54, 1.807) is 24.3 Å². The summed E-state index contributed by atoms with van der Waals surface area (Å²) in [6.07, 6.45) is 0. The number of aryl methyl sites for hydroxylation is 2. The van der Waals surface area contributed by atoms with Gasteiger partial charge in [0.15, 0.2) is 5.96 Å². The number of carbonyl (C=O) groups excluding carboxylic acids is 2. The van der Waals surface area contributed by atoms with Crippen LogP contribution in [0.25, 0.3) is 0 Å². The molecule has 0 saturated carbocycles. The molecule has 6 N–H and O–H groups in total. The Morgan fingerprint density at radius 1 is 1.00 bits per heavy atom. The number of nitrogens with one attached hydrogen (secondary N) is 2. The highest BCUT2D eigenvalue weighted by Gasteiger charge is 2.06. The quantitative estimate of drug-likeness (QED) is 0.287. The fourth-order valence-electron chi connectivity index (χ4n) is 2.21. The first-order valence-corrected chi connectivity index (χ1v) is 8.15. The molecule has 0 saturated heterocycles. The van der Waals surface area contributed by atoms with E-state index in [4.69, 9.17) is 11.5 Å². The highest BCUT2D eigenvalue weighted by Crippen LogP contribution is 2.14. The SMILES string of the molecule is Cc1ccc(NC(N)=NCc2ccc(C(=O)NCC(N)=O)cc2)cc1C.I. The van der Waals surface area contributed by atoms with Crippen molar-refractivity contribution < 1.29 is 9.59 Å². The molecule has 0 aromatic heterocycles. The molecule has 0 spiro atoms. The minimum absolute atomic E-state index is 0. The van der Waals surface area contributed by atoms with E-state index in [0.717, 1.165) is 11.3 Å². The van der Waals surface area contributed by atoms with Crippen LogP contribution < -0.4 is 22.1 Å². The van der Waals surface area contributed by atoms with E-state index in [1.807, 2.05) is 32.0 Å². The summed E-state index contributed by atoms with van der Waals surface area (Å²) in [5.41, 5.74) is 15.5. The van der Waals surface area contributed by atoms with Crippen LogP contribution in [0.15, 0.2) is 47.5 Å². The number of hydrogen-bond donors (Lipinski definition) is 4. The molecule has 0 aliphatic carbocycles. The van der Waals surface area contributed by atoms with Gasteiger partial charge in [-0.15, -0.1) is 24.0 Å². The van der Waals surface area contributed by atoms with E-state index in [2.05, 4.69) is 15.6 Å². The third kappa shape index (κ3) is 7.26. The van der Waals surface area contributed by atoms with Gasteiger partial charge in [-0.25, -0.2) is 4.99 Å². The second kappa shape index (κ2) is 10.5. The normalized spacial score (nSPS) is 10.7. The van der Waals surface area contributed by atoms with Crippen LogP contribution in [0.2, 0.25) is 0 Å². The van der Waals surface area contributed by atoms with Crippen molar-refractivity contribution in [1.29, 1.82) is 0 Å². The van der Waals surface area contributed by atoms with E-state index in [9.17, 15) is 9.59 Å². The Morgan fingerprint density at radius 2 is 1.67 bits per heavy atom. The van der Waals surface area contributed by atoms with Gasteiger partial charge in [-0.05, 0) is 54.8 Å². The van der Waals surface area contributed by atoms with E-state index in [-0.39, 0.29) is 36.4 Å². The molecule has 0 bridgehead atoms. The highest BCUT2D eigenvalue weighted by atomic mass is 127.